The average molecular weight is 489 g/mol. The topological polar surface area (TPSA) is 73.0 Å². The van der Waals surface area contributed by atoms with Gasteiger partial charge >= 0.3 is 0 Å². The summed E-state index contributed by atoms with van der Waals surface area (Å²) in [7, 11) is 0. The third kappa shape index (κ3) is 5.66. The largest absolute Gasteiger partial charge is 0.343 e. The van der Waals surface area contributed by atoms with Gasteiger partial charge < -0.3 is 15.1 Å². The normalized spacial score (nSPS) is 18.9. The van der Waals surface area contributed by atoms with Crippen molar-refractivity contribution in [1.29, 1.82) is 0 Å². The third-order valence-electron chi connectivity index (χ3n) is 6.24. The second kappa shape index (κ2) is 10.5. The number of hydrogen-bond acceptors (Lipinski definition) is 4. The van der Waals surface area contributed by atoms with E-state index in [0.29, 0.717) is 47.4 Å². The predicted octanol–water partition coefficient (Wildman–Crippen LogP) is 2.78. The van der Waals surface area contributed by atoms with Crippen LogP contribution in [0, 0.1) is 0 Å². The standard InChI is InChI=1S/C24H26Cl2N4O3/c25-20-7-6-18(14-21(20)26)23(32)27-15-22(31)30-9-8-19(16-30)28-10-12-29(13-11-28)24(33)17-4-2-1-3-5-17/h1-7,14,19H,8-13,15-16H2,(H,27,32). The van der Waals surface area contributed by atoms with Crippen molar-refractivity contribution in [2.75, 3.05) is 45.8 Å². The Morgan fingerprint density at radius 2 is 1.58 bits per heavy atom. The molecule has 2 heterocycles. The fourth-order valence-electron chi connectivity index (χ4n) is 4.33. The van der Waals surface area contributed by atoms with Crippen molar-refractivity contribution < 1.29 is 14.4 Å². The molecule has 2 saturated heterocycles. The Labute approximate surface area is 203 Å². The van der Waals surface area contributed by atoms with Crippen LogP contribution < -0.4 is 5.32 Å². The zero-order chi connectivity index (χ0) is 23.4. The number of halogens is 2. The van der Waals surface area contributed by atoms with Gasteiger partial charge in [0.25, 0.3) is 11.8 Å². The van der Waals surface area contributed by atoms with Crippen LogP contribution in [0.5, 0.6) is 0 Å². The van der Waals surface area contributed by atoms with Gasteiger partial charge in [0.1, 0.15) is 0 Å². The highest BCUT2D eigenvalue weighted by atomic mass is 35.5. The number of carbonyl (C=O) groups excluding carboxylic acids is 3. The molecule has 3 amide bonds. The second-order valence-corrected chi connectivity index (χ2v) is 9.10. The van der Waals surface area contributed by atoms with E-state index in [-0.39, 0.29) is 30.3 Å². The van der Waals surface area contributed by atoms with Crippen LogP contribution in [0.2, 0.25) is 10.0 Å². The summed E-state index contributed by atoms with van der Waals surface area (Å²) < 4.78 is 0. The SMILES string of the molecule is O=C(NCC(=O)N1CCC(N2CCN(C(=O)c3ccccc3)CC2)C1)c1ccc(Cl)c(Cl)c1. The summed E-state index contributed by atoms with van der Waals surface area (Å²) >= 11 is 11.8. The van der Waals surface area contributed by atoms with Crippen molar-refractivity contribution in [2.45, 2.75) is 12.5 Å². The molecular weight excluding hydrogens is 463 g/mol. The van der Waals surface area contributed by atoms with Gasteiger partial charge in [0, 0.05) is 56.4 Å². The fourth-order valence-corrected chi connectivity index (χ4v) is 4.63. The molecular formula is C24H26Cl2N4O3. The van der Waals surface area contributed by atoms with Crippen molar-refractivity contribution in [2.24, 2.45) is 0 Å². The highest BCUT2D eigenvalue weighted by molar-refractivity contribution is 6.42. The zero-order valence-electron chi connectivity index (χ0n) is 18.2. The van der Waals surface area contributed by atoms with Crippen LogP contribution in [-0.4, -0.2) is 84.3 Å². The Hall–Kier alpha value is -2.61. The van der Waals surface area contributed by atoms with Crippen molar-refractivity contribution >= 4 is 40.9 Å². The number of hydrogen-bond donors (Lipinski definition) is 1. The number of carbonyl (C=O) groups is 3. The number of amides is 3. The van der Waals surface area contributed by atoms with Gasteiger partial charge in [-0.05, 0) is 36.8 Å². The predicted molar refractivity (Wildman–Crippen MR) is 128 cm³/mol. The minimum atomic E-state index is -0.364. The summed E-state index contributed by atoms with van der Waals surface area (Å²) in [5.74, 6) is -0.406. The molecule has 2 fully saturated rings. The van der Waals surface area contributed by atoms with E-state index in [2.05, 4.69) is 10.2 Å². The lowest BCUT2D eigenvalue weighted by Crippen LogP contribution is -2.52. The number of benzene rings is 2. The Kier molecular flexibility index (Phi) is 7.53. The molecule has 7 nitrogen and oxygen atoms in total. The fraction of sp³-hybridized carbons (Fsp3) is 0.375. The third-order valence-corrected chi connectivity index (χ3v) is 6.98. The molecule has 33 heavy (non-hydrogen) atoms. The van der Waals surface area contributed by atoms with E-state index in [1.165, 1.54) is 6.07 Å². The quantitative estimate of drug-likeness (QED) is 0.702. The van der Waals surface area contributed by atoms with Crippen LogP contribution in [0.1, 0.15) is 27.1 Å². The Morgan fingerprint density at radius 3 is 2.27 bits per heavy atom. The minimum Gasteiger partial charge on any atom is -0.343 e. The van der Waals surface area contributed by atoms with E-state index >= 15 is 0 Å². The molecule has 2 aromatic carbocycles. The molecule has 1 unspecified atom stereocenters. The molecule has 2 aliphatic heterocycles. The maximum atomic E-state index is 12.6. The van der Waals surface area contributed by atoms with Gasteiger partial charge in [-0.25, -0.2) is 0 Å². The van der Waals surface area contributed by atoms with E-state index < -0.39 is 0 Å². The monoisotopic (exact) mass is 488 g/mol. The van der Waals surface area contributed by atoms with E-state index in [9.17, 15) is 14.4 Å². The van der Waals surface area contributed by atoms with Crippen molar-refractivity contribution in [3.63, 3.8) is 0 Å². The number of nitrogens with zero attached hydrogens (tertiary/aromatic N) is 3. The Morgan fingerprint density at radius 1 is 0.848 bits per heavy atom. The van der Waals surface area contributed by atoms with Gasteiger partial charge in [-0.2, -0.15) is 0 Å². The highest BCUT2D eigenvalue weighted by Crippen LogP contribution is 2.22. The molecule has 2 aliphatic rings. The molecule has 0 aromatic heterocycles. The molecule has 0 radical (unpaired) electrons. The molecule has 9 heteroatoms. The van der Waals surface area contributed by atoms with Gasteiger partial charge in [-0.3, -0.25) is 19.3 Å². The maximum absolute atomic E-state index is 12.6. The summed E-state index contributed by atoms with van der Waals surface area (Å²) in [6.45, 7) is 4.17. The van der Waals surface area contributed by atoms with Crippen LogP contribution in [0.25, 0.3) is 0 Å². The maximum Gasteiger partial charge on any atom is 0.253 e. The zero-order valence-corrected chi connectivity index (χ0v) is 19.7. The molecule has 0 saturated carbocycles. The molecule has 1 atom stereocenters. The number of likely N-dealkylation sites (tertiary alicyclic amines) is 1. The van der Waals surface area contributed by atoms with Crippen LogP contribution in [0.4, 0.5) is 0 Å². The highest BCUT2D eigenvalue weighted by Gasteiger charge is 2.33. The molecule has 2 aromatic rings. The molecule has 0 bridgehead atoms. The summed E-state index contributed by atoms with van der Waals surface area (Å²) in [4.78, 5) is 43.6. The number of piperazine rings is 1. The molecule has 1 N–H and O–H groups in total. The van der Waals surface area contributed by atoms with Gasteiger partial charge in [-0.1, -0.05) is 41.4 Å². The first kappa shape index (κ1) is 23.5. The summed E-state index contributed by atoms with van der Waals surface area (Å²) in [5.41, 5.74) is 1.07. The van der Waals surface area contributed by atoms with E-state index in [1.807, 2.05) is 35.2 Å². The molecule has 174 valence electrons. The lowest BCUT2D eigenvalue weighted by atomic mass is 10.1. The smallest absolute Gasteiger partial charge is 0.253 e. The van der Waals surface area contributed by atoms with Crippen molar-refractivity contribution in [3.8, 4) is 0 Å². The van der Waals surface area contributed by atoms with Crippen LogP contribution in [0.15, 0.2) is 48.5 Å². The first-order chi connectivity index (χ1) is 15.9. The Balaban J connectivity index is 1.22. The van der Waals surface area contributed by atoms with Crippen molar-refractivity contribution in [1.82, 2.24) is 20.0 Å². The van der Waals surface area contributed by atoms with Crippen LogP contribution in [0.3, 0.4) is 0 Å². The summed E-state index contributed by atoms with van der Waals surface area (Å²) in [6.07, 6.45) is 0.888. The van der Waals surface area contributed by atoms with Crippen LogP contribution in [-0.2, 0) is 4.79 Å². The molecule has 0 spiro atoms. The first-order valence-electron chi connectivity index (χ1n) is 11.0. The van der Waals surface area contributed by atoms with E-state index in [0.717, 1.165) is 19.5 Å². The average Bonchev–Trinajstić information content (AvgIpc) is 3.35. The minimum absolute atomic E-state index is 0.0643. The summed E-state index contributed by atoms with van der Waals surface area (Å²) in [5, 5.41) is 3.33. The lowest BCUT2D eigenvalue weighted by molar-refractivity contribution is -0.129. The summed E-state index contributed by atoms with van der Waals surface area (Å²) in [6, 6.07) is 14.2. The molecule has 4 rings (SSSR count). The second-order valence-electron chi connectivity index (χ2n) is 8.29. The van der Waals surface area contributed by atoms with Crippen molar-refractivity contribution in [3.05, 3.63) is 69.7 Å². The van der Waals surface area contributed by atoms with E-state index in [1.54, 1.807) is 17.0 Å². The van der Waals surface area contributed by atoms with Gasteiger partial charge in [-0.15, -0.1) is 0 Å². The first-order valence-corrected chi connectivity index (χ1v) is 11.8. The van der Waals surface area contributed by atoms with E-state index in [4.69, 9.17) is 23.2 Å². The number of rotatable bonds is 5. The van der Waals surface area contributed by atoms with Crippen LogP contribution >= 0.6 is 23.2 Å². The van der Waals surface area contributed by atoms with Gasteiger partial charge in [0.05, 0.1) is 16.6 Å². The van der Waals surface area contributed by atoms with Gasteiger partial charge in [0.15, 0.2) is 0 Å². The Bertz CT molecular complexity index is 1030. The van der Waals surface area contributed by atoms with Gasteiger partial charge in [0.2, 0.25) is 5.91 Å². The molecule has 0 aliphatic carbocycles. The lowest BCUT2D eigenvalue weighted by Gasteiger charge is -2.38. The number of nitrogens with one attached hydrogen (secondary N) is 1.